The fraction of sp³-hybridized carbons (Fsp3) is 0.571. The summed E-state index contributed by atoms with van der Waals surface area (Å²) in [4.78, 5) is 1.81. The molecular weight excluding hydrogens is 253 g/mol. The Morgan fingerprint density at radius 1 is 0.947 bits per heavy atom. The molecule has 2 aliphatic rings. The summed E-state index contributed by atoms with van der Waals surface area (Å²) in [5.41, 5.74) is 0.168. The molecule has 1 saturated carbocycles. The molecule has 1 unspecified atom stereocenters. The molecule has 104 valence electrons. The summed E-state index contributed by atoms with van der Waals surface area (Å²) in [7, 11) is 0. The van der Waals surface area contributed by atoms with Crippen LogP contribution in [0.5, 0.6) is 0 Å². The zero-order valence-corrected chi connectivity index (χ0v) is 10.6. The highest BCUT2D eigenvalue weighted by Gasteiger charge is 2.28. The number of nitrogens with one attached hydrogen (secondary N) is 1. The Morgan fingerprint density at radius 2 is 1.68 bits per heavy atom. The summed E-state index contributed by atoms with van der Waals surface area (Å²) in [5.74, 6) is -2.81. The molecule has 1 aromatic rings. The first kappa shape index (κ1) is 12.8. The van der Waals surface area contributed by atoms with E-state index in [0.29, 0.717) is 31.2 Å². The minimum absolute atomic E-state index is 0.168. The molecule has 5 heteroatoms. The Balaban J connectivity index is 1.75. The lowest BCUT2D eigenvalue weighted by Crippen LogP contribution is -2.46. The first-order valence-corrected chi connectivity index (χ1v) is 6.79. The van der Waals surface area contributed by atoms with Gasteiger partial charge >= 0.3 is 0 Å². The second kappa shape index (κ2) is 5.04. The van der Waals surface area contributed by atoms with Crippen molar-refractivity contribution in [2.45, 2.75) is 37.8 Å². The van der Waals surface area contributed by atoms with E-state index in [0.717, 1.165) is 18.9 Å². The molecule has 1 aliphatic carbocycles. The van der Waals surface area contributed by atoms with Crippen molar-refractivity contribution in [3.63, 3.8) is 0 Å². The van der Waals surface area contributed by atoms with Crippen LogP contribution in [0.4, 0.5) is 18.9 Å². The molecule has 1 heterocycles. The van der Waals surface area contributed by atoms with Gasteiger partial charge in [-0.3, -0.25) is 0 Å². The SMILES string of the molecule is Fc1cc(F)c(N2CCCC(NC3CC3)C2)cc1F. The number of rotatable bonds is 3. The molecule has 0 radical (unpaired) electrons. The van der Waals surface area contributed by atoms with Crippen LogP contribution in [0.25, 0.3) is 0 Å². The monoisotopic (exact) mass is 270 g/mol. The van der Waals surface area contributed by atoms with Crippen LogP contribution < -0.4 is 10.2 Å². The Labute approximate surface area is 110 Å². The van der Waals surface area contributed by atoms with Gasteiger partial charge in [0.2, 0.25) is 0 Å². The van der Waals surface area contributed by atoms with Crippen LogP contribution in [0.3, 0.4) is 0 Å². The van der Waals surface area contributed by atoms with Gasteiger partial charge in [-0.05, 0) is 25.7 Å². The van der Waals surface area contributed by atoms with Gasteiger partial charge in [0.1, 0.15) is 5.82 Å². The van der Waals surface area contributed by atoms with Crippen molar-refractivity contribution in [2.24, 2.45) is 0 Å². The van der Waals surface area contributed by atoms with E-state index in [-0.39, 0.29) is 5.69 Å². The lowest BCUT2D eigenvalue weighted by atomic mass is 10.0. The van der Waals surface area contributed by atoms with E-state index in [1.54, 1.807) is 4.90 Å². The van der Waals surface area contributed by atoms with Crippen molar-refractivity contribution >= 4 is 5.69 Å². The first-order chi connectivity index (χ1) is 9.13. The van der Waals surface area contributed by atoms with E-state index in [4.69, 9.17) is 0 Å². The van der Waals surface area contributed by atoms with Gasteiger partial charge in [0.15, 0.2) is 11.6 Å². The topological polar surface area (TPSA) is 15.3 Å². The smallest absolute Gasteiger partial charge is 0.161 e. The molecule has 1 aliphatic heterocycles. The maximum absolute atomic E-state index is 13.7. The van der Waals surface area contributed by atoms with Crippen LogP contribution in [0, 0.1) is 17.5 Å². The standard InChI is InChI=1S/C14H17F3N2/c15-11-6-13(17)14(7-12(11)16)19-5-1-2-10(8-19)18-9-3-4-9/h6-7,9-10,18H,1-5,8H2. The third-order valence-electron chi connectivity index (χ3n) is 3.80. The maximum Gasteiger partial charge on any atom is 0.161 e. The zero-order chi connectivity index (χ0) is 13.4. The van der Waals surface area contributed by atoms with Gasteiger partial charge in [-0.15, -0.1) is 0 Å². The van der Waals surface area contributed by atoms with Crippen LogP contribution in [-0.2, 0) is 0 Å². The van der Waals surface area contributed by atoms with E-state index >= 15 is 0 Å². The number of benzene rings is 1. The van der Waals surface area contributed by atoms with Crippen LogP contribution in [0.2, 0.25) is 0 Å². The Bertz CT molecular complexity index is 474. The average Bonchev–Trinajstić information content (AvgIpc) is 3.18. The Morgan fingerprint density at radius 3 is 2.42 bits per heavy atom. The van der Waals surface area contributed by atoms with Crippen molar-refractivity contribution in [1.29, 1.82) is 0 Å². The minimum Gasteiger partial charge on any atom is -0.368 e. The quantitative estimate of drug-likeness (QED) is 0.850. The normalized spacial score (nSPS) is 23.7. The molecule has 1 N–H and O–H groups in total. The number of hydrogen-bond acceptors (Lipinski definition) is 2. The minimum atomic E-state index is -1.13. The Kier molecular flexibility index (Phi) is 3.39. The molecule has 0 aromatic heterocycles. The van der Waals surface area contributed by atoms with E-state index in [1.165, 1.54) is 12.8 Å². The van der Waals surface area contributed by atoms with Gasteiger partial charge in [0.05, 0.1) is 5.69 Å². The number of nitrogens with zero attached hydrogens (tertiary/aromatic N) is 1. The van der Waals surface area contributed by atoms with Crippen molar-refractivity contribution < 1.29 is 13.2 Å². The van der Waals surface area contributed by atoms with E-state index in [1.807, 2.05) is 0 Å². The third-order valence-corrected chi connectivity index (χ3v) is 3.80. The van der Waals surface area contributed by atoms with Gasteiger partial charge in [-0.2, -0.15) is 0 Å². The molecule has 0 spiro atoms. The van der Waals surface area contributed by atoms with Gasteiger partial charge in [0.25, 0.3) is 0 Å². The van der Waals surface area contributed by atoms with E-state index in [2.05, 4.69) is 5.32 Å². The van der Waals surface area contributed by atoms with Crippen molar-refractivity contribution in [1.82, 2.24) is 5.32 Å². The lowest BCUT2D eigenvalue weighted by molar-refractivity contribution is 0.415. The van der Waals surface area contributed by atoms with Crippen LogP contribution in [-0.4, -0.2) is 25.2 Å². The number of halogens is 3. The fourth-order valence-corrected chi connectivity index (χ4v) is 2.67. The van der Waals surface area contributed by atoms with Crippen molar-refractivity contribution in [2.75, 3.05) is 18.0 Å². The number of hydrogen-bond donors (Lipinski definition) is 1. The average molecular weight is 270 g/mol. The second-order valence-corrected chi connectivity index (χ2v) is 5.44. The number of anilines is 1. The predicted molar refractivity (Wildman–Crippen MR) is 67.7 cm³/mol. The molecule has 19 heavy (non-hydrogen) atoms. The van der Waals surface area contributed by atoms with Crippen LogP contribution in [0.15, 0.2) is 12.1 Å². The molecule has 1 saturated heterocycles. The summed E-state index contributed by atoms with van der Waals surface area (Å²) in [6, 6.07) is 2.50. The van der Waals surface area contributed by atoms with Crippen molar-refractivity contribution in [3.8, 4) is 0 Å². The van der Waals surface area contributed by atoms with Crippen LogP contribution >= 0.6 is 0 Å². The summed E-state index contributed by atoms with van der Waals surface area (Å²) in [5, 5.41) is 3.51. The molecule has 1 aromatic carbocycles. The molecular formula is C14H17F3N2. The maximum atomic E-state index is 13.7. The van der Waals surface area contributed by atoms with Gasteiger partial charge in [0, 0.05) is 37.3 Å². The lowest BCUT2D eigenvalue weighted by Gasteiger charge is -2.35. The Hall–Kier alpha value is -1.23. The van der Waals surface area contributed by atoms with E-state index < -0.39 is 17.5 Å². The summed E-state index contributed by atoms with van der Waals surface area (Å²) < 4.78 is 39.9. The van der Waals surface area contributed by atoms with Gasteiger partial charge in [-0.25, -0.2) is 13.2 Å². The highest BCUT2D eigenvalue weighted by atomic mass is 19.2. The molecule has 1 atom stereocenters. The molecule has 2 fully saturated rings. The second-order valence-electron chi connectivity index (χ2n) is 5.44. The molecule has 0 bridgehead atoms. The summed E-state index contributed by atoms with van der Waals surface area (Å²) >= 11 is 0. The summed E-state index contributed by atoms with van der Waals surface area (Å²) in [6.45, 7) is 1.34. The molecule has 2 nitrogen and oxygen atoms in total. The highest BCUT2D eigenvalue weighted by molar-refractivity contribution is 5.49. The zero-order valence-electron chi connectivity index (χ0n) is 10.6. The third kappa shape index (κ3) is 2.86. The molecule has 0 amide bonds. The molecule has 3 rings (SSSR count). The summed E-state index contributed by atoms with van der Waals surface area (Å²) in [6.07, 6.45) is 4.40. The van der Waals surface area contributed by atoms with Gasteiger partial charge in [-0.1, -0.05) is 0 Å². The fourth-order valence-electron chi connectivity index (χ4n) is 2.67. The van der Waals surface area contributed by atoms with Crippen LogP contribution in [0.1, 0.15) is 25.7 Å². The van der Waals surface area contributed by atoms with Crippen molar-refractivity contribution in [3.05, 3.63) is 29.6 Å². The van der Waals surface area contributed by atoms with Gasteiger partial charge < -0.3 is 10.2 Å². The largest absolute Gasteiger partial charge is 0.368 e. The predicted octanol–water partition coefficient (Wildman–Crippen LogP) is 2.82. The number of piperidine rings is 1. The highest BCUT2D eigenvalue weighted by Crippen LogP contribution is 2.27. The van der Waals surface area contributed by atoms with E-state index in [9.17, 15) is 13.2 Å². The first-order valence-electron chi connectivity index (χ1n) is 6.79.